The highest BCUT2D eigenvalue weighted by Crippen LogP contribution is 2.29. The fourth-order valence-corrected chi connectivity index (χ4v) is 2.04. The number of ether oxygens (including phenoxy) is 1. The number of rotatable bonds is 4. The number of methoxy groups -OCH3 is 1. The van der Waals surface area contributed by atoms with Gasteiger partial charge in [0.05, 0.1) is 12.7 Å². The lowest BCUT2D eigenvalue weighted by Gasteiger charge is -2.04. The van der Waals surface area contributed by atoms with Crippen molar-refractivity contribution in [3.8, 4) is 17.2 Å². The van der Waals surface area contributed by atoms with Gasteiger partial charge < -0.3 is 15.0 Å². The highest BCUT2D eigenvalue weighted by atomic mass is 32.2. The standard InChI is InChI=1S/C12H15N3O4S/c1-7(20(3,16)17)11-14-12(19-15-11)9-5-4-8(18-2)6-10(9)13/h4-7H,13H2,1-3H3. The molecule has 108 valence electrons. The SMILES string of the molecule is COc1ccc(-c2nc(C(C)S(C)(=O)=O)no2)c(N)c1. The Morgan fingerprint density at radius 2 is 2.10 bits per heavy atom. The molecule has 1 unspecified atom stereocenters. The predicted octanol–water partition coefficient (Wildman–Crippen LogP) is 1.43. The maximum Gasteiger partial charge on any atom is 0.260 e. The smallest absolute Gasteiger partial charge is 0.260 e. The summed E-state index contributed by atoms with van der Waals surface area (Å²) < 4.78 is 33.1. The van der Waals surface area contributed by atoms with Gasteiger partial charge in [-0.05, 0) is 19.1 Å². The van der Waals surface area contributed by atoms with Gasteiger partial charge in [0.25, 0.3) is 5.89 Å². The molecule has 0 spiro atoms. The number of hydrogen-bond acceptors (Lipinski definition) is 7. The predicted molar refractivity (Wildman–Crippen MR) is 74.0 cm³/mol. The van der Waals surface area contributed by atoms with Crippen molar-refractivity contribution in [2.45, 2.75) is 12.2 Å². The molecular weight excluding hydrogens is 282 g/mol. The second-order valence-corrected chi connectivity index (χ2v) is 6.75. The normalized spacial score (nSPS) is 13.2. The van der Waals surface area contributed by atoms with Crippen LogP contribution < -0.4 is 10.5 Å². The summed E-state index contributed by atoms with van der Waals surface area (Å²) in [6, 6.07) is 5.01. The highest BCUT2D eigenvalue weighted by molar-refractivity contribution is 7.90. The number of nitrogens with two attached hydrogens (primary N) is 1. The summed E-state index contributed by atoms with van der Waals surface area (Å²) in [5.41, 5.74) is 6.82. The van der Waals surface area contributed by atoms with E-state index in [1.54, 1.807) is 18.2 Å². The molecule has 1 atom stereocenters. The van der Waals surface area contributed by atoms with Gasteiger partial charge in [0.1, 0.15) is 11.0 Å². The monoisotopic (exact) mass is 297 g/mol. The molecule has 1 aromatic carbocycles. The van der Waals surface area contributed by atoms with Crippen molar-refractivity contribution in [2.24, 2.45) is 0 Å². The number of aromatic nitrogens is 2. The average Bonchev–Trinajstić information content (AvgIpc) is 2.85. The van der Waals surface area contributed by atoms with Crippen LogP contribution in [0.1, 0.15) is 18.0 Å². The van der Waals surface area contributed by atoms with Crippen LogP contribution in [0.2, 0.25) is 0 Å². The fourth-order valence-electron chi connectivity index (χ4n) is 1.56. The summed E-state index contributed by atoms with van der Waals surface area (Å²) >= 11 is 0. The van der Waals surface area contributed by atoms with Crippen molar-refractivity contribution >= 4 is 15.5 Å². The molecule has 0 saturated carbocycles. The molecule has 1 heterocycles. The minimum absolute atomic E-state index is 0.109. The molecular formula is C12H15N3O4S. The first-order valence-corrected chi connectivity index (χ1v) is 7.74. The molecule has 0 aliphatic rings. The molecule has 2 N–H and O–H groups in total. The van der Waals surface area contributed by atoms with Crippen LogP contribution in [0.5, 0.6) is 5.75 Å². The van der Waals surface area contributed by atoms with Crippen molar-refractivity contribution in [1.29, 1.82) is 0 Å². The number of nitrogens with zero attached hydrogens (tertiary/aromatic N) is 2. The molecule has 0 amide bonds. The first kappa shape index (κ1) is 14.3. The van der Waals surface area contributed by atoms with Crippen LogP contribution >= 0.6 is 0 Å². The maximum atomic E-state index is 11.5. The summed E-state index contributed by atoms with van der Waals surface area (Å²) in [5.74, 6) is 0.892. The van der Waals surface area contributed by atoms with Gasteiger partial charge in [0.2, 0.25) is 0 Å². The number of hydrogen-bond donors (Lipinski definition) is 1. The third kappa shape index (κ3) is 2.74. The van der Waals surface area contributed by atoms with Gasteiger partial charge in [-0.3, -0.25) is 0 Å². The van der Waals surface area contributed by atoms with Crippen molar-refractivity contribution in [2.75, 3.05) is 19.1 Å². The van der Waals surface area contributed by atoms with Crippen molar-refractivity contribution in [3.05, 3.63) is 24.0 Å². The Kier molecular flexibility index (Phi) is 3.67. The second-order valence-electron chi connectivity index (χ2n) is 4.38. The molecule has 0 saturated heterocycles. The first-order chi connectivity index (χ1) is 9.32. The van der Waals surface area contributed by atoms with Crippen LogP contribution in [0.15, 0.2) is 22.7 Å². The Labute approximate surface area is 116 Å². The Morgan fingerprint density at radius 3 is 2.65 bits per heavy atom. The lowest BCUT2D eigenvalue weighted by Crippen LogP contribution is -2.09. The number of benzene rings is 1. The van der Waals surface area contributed by atoms with Crippen molar-refractivity contribution in [1.82, 2.24) is 10.1 Å². The summed E-state index contributed by atoms with van der Waals surface area (Å²) in [4.78, 5) is 4.09. The summed E-state index contributed by atoms with van der Waals surface area (Å²) in [5, 5.41) is 2.86. The van der Waals surface area contributed by atoms with Crippen LogP contribution in [-0.4, -0.2) is 31.9 Å². The molecule has 20 heavy (non-hydrogen) atoms. The van der Waals surface area contributed by atoms with Gasteiger partial charge in [0.15, 0.2) is 15.7 Å². The third-order valence-corrected chi connectivity index (χ3v) is 4.43. The first-order valence-electron chi connectivity index (χ1n) is 5.79. The topological polar surface area (TPSA) is 108 Å². The Bertz CT molecular complexity index is 724. The van der Waals surface area contributed by atoms with Crippen LogP contribution in [0.25, 0.3) is 11.5 Å². The van der Waals surface area contributed by atoms with Gasteiger partial charge in [-0.1, -0.05) is 5.16 Å². The van der Waals surface area contributed by atoms with Crippen molar-refractivity contribution < 1.29 is 17.7 Å². The maximum absolute atomic E-state index is 11.5. The summed E-state index contributed by atoms with van der Waals surface area (Å²) in [6.45, 7) is 1.50. The molecule has 0 bridgehead atoms. The number of anilines is 1. The van der Waals surface area contributed by atoms with Crippen LogP contribution in [-0.2, 0) is 9.84 Å². The lowest BCUT2D eigenvalue weighted by molar-refractivity contribution is 0.414. The minimum atomic E-state index is -3.28. The molecule has 2 aromatic rings. The largest absolute Gasteiger partial charge is 0.497 e. The lowest BCUT2D eigenvalue weighted by atomic mass is 10.1. The molecule has 2 rings (SSSR count). The molecule has 7 nitrogen and oxygen atoms in total. The van der Waals surface area contributed by atoms with E-state index in [4.69, 9.17) is 15.0 Å². The van der Waals surface area contributed by atoms with E-state index in [-0.39, 0.29) is 11.7 Å². The van der Waals surface area contributed by atoms with Crippen LogP contribution in [0.3, 0.4) is 0 Å². The molecule has 0 aliphatic carbocycles. The van der Waals surface area contributed by atoms with E-state index in [1.807, 2.05) is 0 Å². The quantitative estimate of drug-likeness (QED) is 0.850. The van der Waals surface area contributed by atoms with Crippen LogP contribution in [0, 0.1) is 0 Å². The summed E-state index contributed by atoms with van der Waals surface area (Å²) in [6.07, 6.45) is 1.12. The Morgan fingerprint density at radius 1 is 1.40 bits per heavy atom. The van der Waals surface area contributed by atoms with Gasteiger partial charge in [-0.2, -0.15) is 4.98 Å². The minimum Gasteiger partial charge on any atom is -0.497 e. The zero-order valence-electron chi connectivity index (χ0n) is 11.3. The zero-order valence-corrected chi connectivity index (χ0v) is 12.1. The number of nitrogen functional groups attached to an aromatic ring is 1. The summed E-state index contributed by atoms with van der Waals surface area (Å²) in [7, 11) is -1.75. The van der Waals surface area contributed by atoms with E-state index in [0.29, 0.717) is 17.0 Å². The third-order valence-electron chi connectivity index (χ3n) is 2.94. The second kappa shape index (κ2) is 5.12. The molecule has 0 aliphatic heterocycles. The average molecular weight is 297 g/mol. The van der Waals surface area contributed by atoms with E-state index in [0.717, 1.165) is 6.26 Å². The molecule has 0 radical (unpaired) electrons. The zero-order chi connectivity index (χ0) is 14.9. The van der Waals surface area contributed by atoms with Crippen LogP contribution in [0.4, 0.5) is 5.69 Å². The van der Waals surface area contributed by atoms with Gasteiger partial charge in [0, 0.05) is 18.0 Å². The van der Waals surface area contributed by atoms with Gasteiger partial charge >= 0.3 is 0 Å². The van der Waals surface area contributed by atoms with E-state index in [2.05, 4.69) is 10.1 Å². The van der Waals surface area contributed by atoms with Crippen molar-refractivity contribution in [3.63, 3.8) is 0 Å². The molecule has 1 aromatic heterocycles. The molecule has 8 heteroatoms. The van der Waals surface area contributed by atoms with Gasteiger partial charge in [-0.15, -0.1) is 0 Å². The highest BCUT2D eigenvalue weighted by Gasteiger charge is 2.24. The fraction of sp³-hybridized carbons (Fsp3) is 0.333. The van der Waals surface area contributed by atoms with E-state index < -0.39 is 15.1 Å². The molecule has 0 fully saturated rings. The Hall–Kier alpha value is -2.09. The number of sulfone groups is 1. The van der Waals surface area contributed by atoms with E-state index in [9.17, 15) is 8.42 Å². The Balaban J connectivity index is 2.39. The van der Waals surface area contributed by atoms with E-state index in [1.165, 1.54) is 14.0 Å². The van der Waals surface area contributed by atoms with Gasteiger partial charge in [-0.25, -0.2) is 8.42 Å². The van der Waals surface area contributed by atoms with E-state index >= 15 is 0 Å².